The fraction of sp³-hybridized carbons (Fsp3) is 0.667. The number of carbonyl (C=O) groups excluding carboxylic acids is 1. The number of hydrogen-bond donors (Lipinski definition) is 0. The molecule has 3 heteroatoms. The lowest BCUT2D eigenvalue weighted by Crippen LogP contribution is -2.13. The zero-order valence-electron chi connectivity index (χ0n) is 8.10. The lowest BCUT2D eigenvalue weighted by atomic mass is 10.1. The number of hydrogen-bond acceptors (Lipinski definition) is 2. The second kappa shape index (κ2) is 5.04. The summed E-state index contributed by atoms with van der Waals surface area (Å²) in [6, 6.07) is 0. The minimum atomic E-state index is -0.626. The van der Waals surface area contributed by atoms with Crippen LogP contribution in [-0.4, -0.2) is 31.3 Å². The van der Waals surface area contributed by atoms with Gasteiger partial charge in [0.25, 0.3) is 0 Å². The van der Waals surface area contributed by atoms with Crippen LogP contribution in [0.1, 0.15) is 13.8 Å². The molecule has 0 radical (unpaired) electrons. The number of ketones is 1. The second-order valence-corrected chi connectivity index (χ2v) is 3.33. The van der Waals surface area contributed by atoms with Crippen LogP contribution >= 0.6 is 0 Å². The third-order valence-corrected chi connectivity index (χ3v) is 1.40. The summed E-state index contributed by atoms with van der Waals surface area (Å²) < 4.78 is 12.9. The van der Waals surface area contributed by atoms with Crippen LogP contribution < -0.4 is 0 Å². The molecule has 0 aromatic heterocycles. The lowest BCUT2D eigenvalue weighted by Gasteiger charge is -2.05. The molecular weight excluding hydrogens is 157 g/mol. The average molecular weight is 173 g/mol. The summed E-state index contributed by atoms with van der Waals surface area (Å²) >= 11 is 0. The molecular formula is C9H16FNO. The summed E-state index contributed by atoms with van der Waals surface area (Å²) in [4.78, 5) is 12.8. The first-order valence-electron chi connectivity index (χ1n) is 3.99. The number of likely N-dealkylation sites (N-methyl/N-ethyl adjacent to an activating group) is 1. The van der Waals surface area contributed by atoms with Gasteiger partial charge in [-0.3, -0.25) is 4.79 Å². The first-order chi connectivity index (χ1) is 5.45. The van der Waals surface area contributed by atoms with Crippen molar-refractivity contribution in [3.05, 3.63) is 11.9 Å². The first-order valence-corrected chi connectivity index (χ1v) is 3.99. The van der Waals surface area contributed by atoms with E-state index < -0.39 is 11.6 Å². The van der Waals surface area contributed by atoms with E-state index >= 15 is 0 Å². The van der Waals surface area contributed by atoms with Gasteiger partial charge in [0, 0.05) is 12.5 Å². The molecule has 0 atom stereocenters. The van der Waals surface area contributed by atoms with Crippen molar-refractivity contribution in [3.63, 3.8) is 0 Å². The number of carbonyl (C=O) groups is 1. The SMILES string of the molecule is CC(C)C(=O)/C(F)=C\CN(C)C. The van der Waals surface area contributed by atoms with E-state index in [1.54, 1.807) is 18.7 Å². The normalized spacial score (nSPS) is 12.8. The van der Waals surface area contributed by atoms with Crippen molar-refractivity contribution >= 4 is 5.78 Å². The smallest absolute Gasteiger partial charge is 0.193 e. The standard InChI is InChI=1S/C9H16FNO/c1-7(2)9(12)8(10)5-6-11(3)4/h5,7H,6H2,1-4H3/b8-5+. The minimum Gasteiger partial charge on any atom is -0.306 e. The molecule has 0 saturated heterocycles. The molecule has 0 rings (SSSR count). The Bertz CT molecular complexity index is 185. The highest BCUT2D eigenvalue weighted by molar-refractivity contribution is 5.94. The van der Waals surface area contributed by atoms with Gasteiger partial charge in [-0.15, -0.1) is 0 Å². The Labute approximate surface area is 73.1 Å². The van der Waals surface area contributed by atoms with Crippen molar-refractivity contribution in [1.29, 1.82) is 0 Å². The van der Waals surface area contributed by atoms with Crippen molar-refractivity contribution < 1.29 is 9.18 Å². The van der Waals surface area contributed by atoms with E-state index in [4.69, 9.17) is 0 Å². The van der Waals surface area contributed by atoms with Gasteiger partial charge in [-0.25, -0.2) is 4.39 Å². The molecule has 0 aromatic carbocycles. The predicted octanol–water partition coefficient (Wildman–Crippen LogP) is 1.63. The Morgan fingerprint density at radius 3 is 2.33 bits per heavy atom. The van der Waals surface area contributed by atoms with E-state index in [1.807, 2.05) is 14.1 Å². The predicted molar refractivity (Wildman–Crippen MR) is 47.6 cm³/mol. The Hall–Kier alpha value is -0.700. The van der Waals surface area contributed by atoms with Gasteiger partial charge in [-0.1, -0.05) is 13.8 Å². The summed E-state index contributed by atoms with van der Waals surface area (Å²) in [6.07, 6.45) is 1.31. The fourth-order valence-electron chi connectivity index (χ4n) is 0.639. The maximum absolute atomic E-state index is 12.9. The van der Waals surface area contributed by atoms with Crippen molar-refractivity contribution in [1.82, 2.24) is 4.90 Å². The number of halogens is 1. The average Bonchev–Trinajstić information content (AvgIpc) is 1.98. The maximum atomic E-state index is 12.9. The highest BCUT2D eigenvalue weighted by Gasteiger charge is 2.12. The topological polar surface area (TPSA) is 20.3 Å². The van der Waals surface area contributed by atoms with Gasteiger partial charge >= 0.3 is 0 Å². The third-order valence-electron chi connectivity index (χ3n) is 1.40. The van der Waals surface area contributed by atoms with E-state index in [0.29, 0.717) is 6.54 Å². The highest BCUT2D eigenvalue weighted by atomic mass is 19.1. The Balaban J connectivity index is 4.09. The number of allylic oxidation sites excluding steroid dienone is 1. The summed E-state index contributed by atoms with van der Waals surface area (Å²) in [5.41, 5.74) is 0. The van der Waals surface area contributed by atoms with Gasteiger partial charge in [-0.05, 0) is 20.2 Å². The minimum absolute atomic E-state index is 0.261. The van der Waals surface area contributed by atoms with E-state index in [2.05, 4.69) is 0 Å². The van der Waals surface area contributed by atoms with Crippen LogP contribution in [-0.2, 0) is 4.79 Å². The molecule has 0 spiro atoms. The van der Waals surface area contributed by atoms with Crippen LogP contribution in [0.25, 0.3) is 0 Å². The largest absolute Gasteiger partial charge is 0.306 e. The van der Waals surface area contributed by atoms with Crippen LogP contribution in [0.3, 0.4) is 0 Å². The summed E-state index contributed by atoms with van der Waals surface area (Å²) in [5.74, 6) is -1.31. The van der Waals surface area contributed by atoms with Crippen LogP contribution in [0.5, 0.6) is 0 Å². The monoisotopic (exact) mass is 173 g/mol. The van der Waals surface area contributed by atoms with Crippen molar-refractivity contribution in [2.75, 3.05) is 20.6 Å². The van der Waals surface area contributed by atoms with Crippen molar-refractivity contribution in [2.45, 2.75) is 13.8 Å². The summed E-state index contributed by atoms with van der Waals surface area (Å²) in [5, 5.41) is 0. The van der Waals surface area contributed by atoms with Crippen LogP contribution in [0, 0.1) is 5.92 Å². The van der Waals surface area contributed by atoms with E-state index in [0.717, 1.165) is 0 Å². The molecule has 0 aromatic rings. The molecule has 0 aliphatic carbocycles. The molecule has 0 saturated carbocycles. The van der Waals surface area contributed by atoms with Crippen LogP contribution in [0.2, 0.25) is 0 Å². The van der Waals surface area contributed by atoms with Gasteiger partial charge in [0.15, 0.2) is 11.6 Å². The Morgan fingerprint density at radius 2 is 2.00 bits per heavy atom. The van der Waals surface area contributed by atoms with Gasteiger partial charge in [0.2, 0.25) is 0 Å². The molecule has 0 unspecified atom stereocenters. The van der Waals surface area contributed by atoms with E-state index in [1.165, 1.54) is 6.08 Å². The van der Waals surface area contributed by atoms with Gasteiger partial charge < -0.3 is 4.90 Å². The molecule has 70 valence electrons. The zero-order chi connectivity index (χ0) is 9.72. The molecule has 0 heterocycles. The fourth-order valence-corrected chi connectivity index (χ4v) is 0.639. The van der Waals surface area contributed by atoms with Gasteiger partial charge in [-0.2, -0.15) is 0 Å². The molecule has 0 aliphatic rings. The molecule has 0 fully saturated rings. The molecule has 2 nitrogen and oxygen atoms in total. The van der Waals surface area contributed by atoms with Crippen LogP contribution in [0.15, 0.2) is 11.9 Å². The maximum Gasteiger partial charge on any atom is 0.193 e. The van der Waals surface area contributed by atoms with E-state index in [-0.39, 0.29) is 5.92 Å². The lowest BCUT2D eigenvalue weighted by molar-refractivity contribution is -0.119. The molecule has 12 heavy (non-hydrogen) atoms. The quantitative estimate of drug-likeness (QED) is 0.602. The summed E-state index contributed by atoms with van der Waals surface area (Å²) in [7, 11) is 3.65. The second-order valence-electron chi connectivity index (χ2n) is 3.33. The Kier molecular flexibility index (Phi) is 4.74. The number of Topliss-reactive ketones (excluding diaryl/α,β-unsaturated/α-hetero) is 1. The van der Waals surface area contributed by atoms with Crippen molar-refractivity contribution in [2.24, 2.45) is 5.92 Å². The number of nitrogens with zero attached hydrogens (tertiary/aromatic N) is 1. The van der Waals surface area contributed by atoms with Gasteiger partial charge in [0.05, 0.1) is 0 Å². The first kappa shape index (κ1) is 11.3. The zero-order valence-corrected chi connectivity index (χ0v) is 8.10. The molecule has 0 aliphatic heterocycles. The molecule has 0 N–H and O–H groups in total. The molecule has 0 bridgehead atoms. The highest BCUT2D eigenvalue weighted by Crippen LogP contribution is 2.06. The van der Waals surface area contributed by atoms with Gasteiger partial charge in [0.1, 0.15) is 0 Å². The number of rotatable bonds is 4. The van der Waals surface area contributed by atoms with Crippen LogP contribution in [0.4, 0.5) is 4.39 Å². The molecule has 0 amide bonds. The Morgan fingerprint density at radius 1 is 1.50 bits per heavy atom. The summed E-state index contributed by atoms with van der Waals surface area (Å²) in [6.45, 7) is 3.83. The van der Waals surface area contributed by atoms with E-state index in [9.17, 15) is 9.18 Å². The van der Waals surface area contributed by atoms with Crippen molar-refractivity contribution in [3.8, 4) is 0 Å². The third kappa shape index (κ3) is 4.23.